The molecule has 0 aromatic rings. The SMILES string of the molecule is ClC1=[N+](C2CCCCC2)CCC1. The second-order valence-corrected chi connectivity index (χ2v) is 4.40. The van der Waals surface area contributed by atoms with Crippen molar-refractivity contribution in [1.82, 2.24) is 0 Å². The lowest BCUT2D eigenvalue weighted by molar-refractivity contribution is -0.560. The van der Waals surface area contributed by atoms with Gasteiger partial charge in [-0.15, -0.1) is 0 Å². The van der Waals surface area contributed by atoms with E-state index in [4.69, 9.17) is 11.6 Å². The number of rotatable bonds is 1. The maximum atomic E-state index is 6.15. The molecule has 1 heterocycles. The molecule has 2 heteroatoms. The van der Waals surface area contributed by atoms with Crippen molar-refractivity contribution in [2.75, 3.05) is 6.54 Å². The predicted molar refractivity (Wildman–Crippen MR) is 52.1 cm³/mol. The van der Waals surface area contributed by atoms with Crippen molar-refractivity contribution in [3.05, 3.63) is 0 Å². The summed E-state index contributed by atoms with van der Waals surface area (Å²) in [6, 6.07) is 0.786. The summed E-state index contributed by atoms with van der Waals surface area (Å²) < 4.78 is 2.45. The van der Waals surface area contributed by atoms with Crippen LogP contribution in [0.5, 0.6) is 0 Å². The van der Waals surface area contributed by atoms with Crippen LogP contribution in [0.25, 0.3) is 0 Å². The predicted octanol–water partition coefficient (Wildman–Crippen LogP) is 2.76. The molecule has 68 valence electrons. The topological polar surface area (TPSA) is 3.01 Å². The number of halogens is 1. The van der Waals surface area contributed by atoms with E-state index < -0.39 is 0 Å². The Morgan fingerprint density at radius 2 is 1.83 bits per heavy atom. The summed E-state index contributed by atoms with van der Waals surface area (Å²) in [6.45, 7) is 1.21. The zero-order chi connectivity index (χ0) is 8.39. The van der Waals surface area contributed by atoms with Crippen molar-refractivity contribution < 1.29 is 4.58 Å². The third-order valence-electron chi connectivity index (χ3n) is 3.11. The molecule has 1 aliphatic heterocycles. The quantitative estimate of drug-likeness (QED) is 0.554. The zero-order valence-corrected chi connectivity index (χ0v) is 8.32. The van der Waals surface area contributed by atoms with E-state index in [0.29, 0.717) is 0 Å². The molecule has 1 fully saturated rings. The first-order valence-electron chi connectivity index (χ1n) is 5.16. The van der Waals surface area contributed by atoms with Gasteiger partial charge in [-0.2, -0.15) is 0 Å². The van der Waals surface area contributed by atoms with Gasteiger partial charge >= 0.3 is 0 Å². The van der Waals surface area contributed by atoms with Crippen LogP contribution in [-0.2, 0) is 0 Å². The third kappa shape index (κ3) is 1.66. The lowest BCUT2D eigenvalue weighted by Crippen LogP contribution is -2.29. The van der Waals surface area contributed by atoms with E-state index >= 15 is 0 Å². The molecule has 0 aromatic heterocycles. The summed E-state index contributed by atoms with van der Waals surface area (Å²) in [6.07, 6.45) is 9.39. The van der Waals surface area contributed by atoms with Crippen LogP contribution in [0.15, 0.2) is 0 Å². The van der Waals surface area contributed by atoms with Gasteiger partial charge in [0.1, 0.15) is 6.54 Å². The van der Waals surface area contributed by atoms with Crippen LogP contribution >= 0.6 is 11.6 Å². The molecule has 0 atom stereocenters. The normalized spacial score (nSPS) is 26.8. The van der Waals surface area contributed by atoms with Gasteiger partial charge in [0.2, 0.25) is 5.17 Å². The van der Waals surface area contributed by atoms with E-state index in [-0.39, 0.29) is 0 Å². The second-order valence-electron chi connectivity index (χ2n) is 3.97. The van der Waals surface area contributed by atoms with Crippen molar-refractivity contribution in [2.45, 2.75) is 51.0 Å². The average Bonchev–Trinajstić information content (AvgIpc) is 2.53. The molecule has 1 saturated carbocycles. The van der Waals surface area contributed by atoms with E-state index in [2.05, 4.69) is 4.58 Å². The van der Waals surface area contributed by atoms with Crippen LogP contribution in [0.4, 0.5) is 0 Å². The molecule has 0 saturated heterocycles. The highest BCUT2D eigenvalue weighted by Gasteiger charge is 2.29. The fourth-order valence-electron chi connectivity index (χ4n) is 2.43. The number of hydrogen-bond donors (Lipinski definition) is 0. The van der Waals surface area contributed by atoms with Crippen LogP contribution in [0.3, 0.4) is 0 Å². The summed E-state index contributed by atoms with van der Waals surface area (Å²) in [5, 5.41) is 1.13. The first-order valence-corrected chi connectivity index (χ1v) is 5.54. The molecule has 0 radical (unpaired) electrons. The first kappa shape index (κ1) is 8.55. The van der Waals surface area contributed by atoms with Crippen molar-refractivity contribution in [3.63, 3.8) is 0 Å². The molecule has 2 rings (SSSR count). The second kappa shape index (κ2) is 3.78. The number of nitrogens with zero attached hydrogens (tertiary/aromatic N) is 1. The summed E-state index contributed by atoms with van der Waals surface area (Å²) in [4.78, 5) is 0. The summed E-state index contributed by atoms with van der Waals surface area (Å²) in [5.41, 5.74) is 0. The summed E-state index contributed by atoms with van der Waals surface area (Å²) in [5.74, 6) is 0. The fourth-order valence-corrected chi connectivity index (χ4v) is 2.79. The average molecular weight is 187 g/mol. The molecule has 0 N–H and O–H groups in total. The van der Waals surface area contributed by atoms with E-state index in [9.17, 15) is 0 Å². The largest absolute Gasteiger partial charge is 0.245 e. The highest BCUT2D eigenvalue weighted by molar-refractivity contribution is 6.64. The molecule has 0 bridgehead atoms. The van der Waals surface area contributed by atoms with Gasteiger partial charge in [-0.25, -0.2) is 4.58 Å². The van der Waals surface area contributed by atoms with Crippen LogP contribution in [0, 0.1) is 0 Å². The van der Waals surface area contributed by atoms with Crippen LogP contribution in [-0.4, -0.2) is 22.3 Å². The Hall–Kier alpha value is -0.0400. The summed E-state index contributed by atoms with van der Waals surface area (Å²) in [7, 11) is 0. The minimum absolute atomic E-state index is 0.786. The smallest absolute Gasteiger partial charge is 0.221 e. The number of hydrogen-bond acceptors (Lipinski definition) is 0. The molecule has 0 unspecified atom stereocenters. The first-order chi connectivity index (χ1) is 5.88. The molecule has 0 spiro atoms. The Balaban J connectivity index is 2.02. The highest BCUT2D eigenvalue weighted by Crippen LogP contribution is 2.23. The lowest BCUT2D eigenvalue weighted by Gasteiger charge is -2.18. The van der Waals surface area contributed by atoms with Crippen LogP contribution in [0.1, 0.15) is 44.9 Å². The van der Waals surface area contributed by atoms with Gasteiger partial charge in [-0.3, -0.25) is 0 Å². The van der Waals surface area contributed by atoms with Gasteiger partial charge in [0.05, 0.1) is 6.42 Å². The molecule has 12 heavy (non-hydrogen) atoms. The highest BCUT2D eigenvalue weighted by atomic mass is 35.5. The van der Waals surface area contributed by atoms with Gasteiger partial charge in [-0.1, -0.05) is 6.42 Å². The van der Waals surface area contributed by atoms with Crippen LogP contribution in [0.2, 0.25) is 0 Å². The van der Waals surface area contributed by atoms with Crippen molar-refractivity contribution >= 4 is 16.8 Å². The van der Waals surface area contributed by atoms with E-state index in [1.807, 2.05) is 0 Å². The third-order valence-corrected chi connectivity index (χ3v) is 3.52. The van der Waals surface area contributed by atoms with Crippen molar-refractivity contribution in [1.29, 1.82) is 0 Å². The Morgan fingerprint density at radius 3 is 2.42 bits per heavy atom. The van der Waals surface area contributed by atoms with Gasteiger partial charge < -0.3 is 0 Å². The minimum atomic E-state index is 0.786. The maximum Gasteiger partial charge on any atom is 0.245 e. The van der Waals surface area contributed by atoms with Crippen molar-refractivity contribution in [2.24, 2.45) is 0 Å². The van der Waals surface area contributed by atoms with Gasteiger partial charge in [0, 0.05) is 19.3 Å². The van der Waals surface area contributed by atoms with Gasteiger partial charge in [0.25, 0.3) is 0 Å². The zero-order valence-electron chi connectivity index (χ0n) is 7.56. The van der Waals surface area contributed by atoms with Gasteiger partial charge in [0.15, 0.2) is 6.04 Å². The van der Waals surface area contributed by atoms with Crippen LogP contribution < -0.4 is 0 Å². The van der Waals surface area contributed by atoms with Gasteiger partial charge in [-0.05, 0) is 24.4 Å². The van der Waals surface area contributed by atoms with E-state index in [1.165, 1.54) is 45.1 Å². The summed E-state index contributed by atoms with van der Waals surface area (Å²) >= 11 is 6.15. The Labute approximate surface area is 79.4 Å². The van der Waals surface area contributed by atoms with Crippen molar-refractivity contribution in [3.8, 4) is 0 Å². The molecular weight excluding hydrogens is 170 g/mol. The molecule has 2 aliphatic rings. The Bertz CT molecular complexity index is 192. The molecule has 1 nitrogen and oxygen atoms in total. The molecule has 1 aliphatic carbocycles. The van der Waals surface area contributed by atoms with E-state index in [1.54, 1.807) is 0 Å². The Kier molecular flexibility index (Phi) is 2.69. The molecule has 0 aromatic carbocycles. The lowest BCUT2D eigenvalue weighted by atomic mass is 9.95. The Morgan fingerprint density at radius 1 is 1.08 bits per heavy atom. The molecule has 0 amide bonds. The fraction of sp³-hybridized carbons (Fsp3) is 0.900. The monoisotopic (exact) mass is 186 g/mol. The standard InChI is InChI=1S/C10H17ClN/c11-10-7-4-8-12(10)9-5-2-1-3-6-9/h9H,1-8H2/q+1. The minimum Gasteiger partial charge on any atom is -0.221 e. The molecular formula is C10H17ClN+. The van der Waals surface area contributed by atoms with E-state index in [0.717, 1.165) is 17.6 Å². The maximum absolute atomic E-state index is 6.15.